The summed E-state index contributed by atoms with van der Waals surface area (Å²) in [6.07, 6.45) is 1.11. The second-order valence-electron chi connectivity index (χ2n) is 5.01. The zero-order valence-corrected chi connectivity index (χ0v) is 12.6. The molecule has 1 nitrogen and oxygen atoms in total. The van der Waals surface area contributed by atoms with E-state index in [-0.39, 0.29) is 5.82 Å². The van der Waals surface area contributed by atoms with E-state index >= 15 is 0 Å². The first-order valence-corrected chi connectivity index (χ1v) is 7.24. The van der Waals surface area contributed by atoms with Gasteiger partial charge in [0, 0.05) is 17.1 Å². The van der Waals surface area contributed by atoms with Gasteiger partial charge in [-0.1, -0.05) is 36.7 Å². The fraction of sp³-hybridized carbons (Fsp3) is 0.294. The van der Waals surface area contributed by atoms with Crippen LogP contribution in [-0.2, 0) is 6.54 Å². The summed E-state index contributed by atoms with van der Waals surface area (Å²) in [5.41, 5.74) is 3.72. The van der Waals surface area contributed by atoms with Gasteiger partial charge in [-0.25, -0.2) is 4.39 Å². The maximum atomic E-state index is 13.5. The molecule has 0 aliphatic rings. The van der Waals surface area contributed by atoms with Gasteiger partial charge in [0.15, 0.2) is 0 Å². The highest BCUT2D eigenvalue weighted by Crippen LogP contribution is 2.30. The summed E-state index contributed by atoms with van der Waals surface area (Å²) in [7, 11) is 0. The van der Waals surface area contributed by atoms with Crippen LogP contribution in [0.25, 0.3) is 11.1 Å². The molecule has 0 aliphatic carbocycles. The van der Waals surface area contributed by atoms with Crippen LogP contribution in [0.5, 0.6) is 0 Å². The summed E-state index contributed by atoms with van der Waals surface area (Å²) < 4.78 is 13.5. The summed E-state index contributed by atoms with van der Waals surface area (Å²) in [5, 5.41) is 4.00. The van der Waals surface area contributed by atoms with E-state index in [1.54, 1.807) is 0 Å². The Kier molecular flexibility index (Phi) is 5.16. The lowest BCUT2D eigenvalue weighted by Gasteiger charge is -2.09. The van der Waals surface area contributed by atoms with E-state index in [1.165, 1.54) is 12.1 Å². The minimum Gasteiger partial charge on any atom is -0.313 e. The summed E-state index contributed by atoms with van der Waals surface area (Å²) >= 11 is 6.33. The minimum atomic E-state index is -0.232. The number of hydrogen-bond acceptors (Lipinski definition) is 1. The van der Waals surface area contributed by atoms with Crippen molar-refractivity contribution in [3.8, 4) is 11.1 Å². The lowest BCUT2D eigenvalue weighted by atomic mass is 10.0. The number of hydrogen-bond donors (Lipinski definition) is 1. The summed E-state index contributed by atoms with van der Waals surface area (Å²) in [5.74, 6) is -0.232. The van der Waals surface area contributed by atoms with Gasteiger partial charge in [-0.05, 0) is 54.8 Å². The second-order valence-corrected chi connectivity index (χ2v) is 5.42. The molecule has 0 atom stereocenters. The highest BCUT2D eigenvalue weighted by atomic mass is 35.5. The molecule has 0 heterocycles. The van der Waals surface area contributed by atoms with Crippen molar-refractivity contribution in [2.24, 2.45) is 0 Å². The van der Waals surface area contributed by atoms with Crippen LogP contribution in [0.3, 0.4) is 0 Å². The third kappa shape index (κ3) is 3.81. The molecule has 0 saturated heterocycles. The number of benzene rings is 2. The lowest BCUT2D eigenvalue weighted by molar-refractivity contribution is 0.627. The number of nitrogens with one attached hydrogen (secondary N) is 1. The van der Waals surface area contributed by atoms with E-state index in [1.807, 2.05) is 31.2 Å². The molecule has 1 N–H and O–H groups in total. The van der Waals surface area contributed by atoms with Crippen molar-refractivity contribution >= 4 is 11.6 Å². The van der Waals surface area contributed by atoms with Crippen LogP contribution in [0.4, 0.5) is 4.39 Å². The Bertz CT molecular complexity index is 575. The van der Waals surface area contributed by atoms with Gasteiger partial charge < -0.3 is 5.32 Å². The van der Waals surface area contributed by atoms with Gasteiger partial charge >= 0.3 is 0 Å². The number of rotatable bonds is 5. The first-order valence-electron chi connectivity index (χ1n) is 6.87. The molecular weight excluding hydrogens is 273 g/mol. The topological polar surface area (TPSA) is 12.0 Å². The van der Waals surface area contributed by atoms with Crippen molar-refractivity contribution in [3.05, 3.63) is 58.4 Å². The zero-order chi connectivity index (χ0) is 14.5. The van der Waals surface area contributed by atoms with E-state index < -0.39 is 0 Å². The smallest absolute Gasteiger partial charge is 0.124 e. The molecular formula is C17H19ClFN. The molecule has 0 fully saturated rings. The van der Waals surface area contributed by atoms with Crippen molar-refractivity contribution in [3.63, 3.8) is 0 Å². The Balaban J connectivity index is 2.25. The van der Waals surface area contributed by atoms with E-state index in [2.05, 4.69) is 12.2 Å². The van der Waals surface area contributed by atoms with Gasteiger partial charge in [-0.2, -0.15) is 0 Å². The first-order chi connectivity index (χ1) is 9.60. The molecule has 106 valence electrons. The predicted molar refractivity (Wildman–Crippen MR) is 83.6 cm³/mol. The molecule has 0 saturated carbocycles. The second kappa shape index (κ2) is 6.87. The molecule has 0 radical (unpaired) electrons. The number of aryl methyl sites for hydroxylation is 1. The molecule has 0 amide bonds. The maximum Gasteiger partial charge on any atom is 0.124 e. The average molecular weight is 292 g/mol. The van der Waals surface area contributed by atoms with Crippen LogP contribution in [0.1, 0.15) is 24.5 Å². The maximum absolute atomic E-state index is 13.5. The molecule has 2 rings (SSSR count). The standard InChI is InChI=1S/C17H19ClFN/c1-3-6-20-11-13-4-5-16(17(18)9-13)14-7-12(2)8-15(19)10-14/h4-5,7-10,20H,3,6,11H2,1-2H3. The highest BCUT2D eigenvalue weighted by Gasteiger charge is 2.07. The van der Waals surface area contributed by atoms with Gasteiger partial charge in [-0.15, -0.1) is 0 Å². The van der Waals surface area contributed by atoms with Crippen LogP contribution in [-0.4, -0.2) is 6.54 Å². The van der Waals surface area contributed by atoms with E-state index in [0.29, 0.717) is 5.02 Å². The van der Waals surface area contributed by atoms with Gasteiger partial charge in [0.25, 0.3) is 0 Å². The van der Waals surface area contributed by atoms with Crippen LogP contribution < -0.4 is 5.32 Å². The molecule has 0 unspecified atom stereocenters. The van der Waals surface area contributed by atoms with Crippen molar-refractivity contribution < 1.29 is 4.39 Å². The van der Waals surface area contributed by atoms with Gasteiger partial charge in [0.2, 0.25) is 0 Å². The number of halogens is 2. The van der Waals surface area contributed by atoms with E-state index in [4.69, 9.17) is 11.6 Å². The van der Waals surface area contributed by atoms with Crippen LogP contribution in [0, 0.1) is 12.7 Å². The predicted octanol–water partition coefficient (Wildman–Crippen LogP) is 4.95. The van der Waals surface area contributed by atoms with Crippen LogP contribution in [0.15, 0.2) is 36.4 Å². The van der Waals surface area contributed by atoms with Crippen molar-refractivity contribution in [2.45, 2.75) is 26.8 Å². The average Bonchev–Trinajstić information content (AvgIpc) is 2.38. The Morgan fingerprint density at radius 1 is 1.15 bits per heavy atom. The summed E-state index contributed by atoms with van der Waals surface area (Å²) in [6.45, 7) is 5.80. The Morgan fingerprint density at radius 3 is 2.60 bits per heavy atom. The van der Waals surface area contributed by atoms with Crippen LogP contribution in [0.2, 0.25) is 5.02 Å². The molecule has 2 aromatic carbocycles. The lowest BCUT2D eigenvalue weighted by Crippen LogP contribution is -2.13. The zero-order valence-electron chi connectivity index (χ0n) is 11.8. The van der Waals surface area contributed by atoms with Crippen LogP contribution >= 0.6 is 11.6 Å². The first kappa shape index (κ1) is 15.0. The Hall–Kier alpha value is -1.38. The highest BCUT2D eigenvalue weighted by molar-refractivity contribution is 6.33. The SMILES string of the molecule is CCCNCc1ccc(-c2cc(C)cc(F)c2)c(Cl)c1. The monoisotopic (exact) mass is 291 g/mol. The van der Waals surface area contributed by atoms with Crippen molar-refractivity contribution in [1.82, 2.24) is 5.32 Å². The molecule has 0 spiro atoms. The Morgan fingerprint density at radius 2 is 1.95 bits per heavy atom. The van der Waals surface area contributed by atoms with E-state index in [0.717, 1.165) is 41.8 Å². The summed E-state index contributed by atoms with van der Waals surface area (Å²) in [6, 6.07) is 10.9. The van der Waals surface area contributed by atoms with Gasteiger partial charge in [-0.3, -0.25) is 0 Å². The fourth-order valence-electron chi connectivity index (χ4n) is 2.20. The minimum absolute atomic E-state index is 0.232. The quantitative estimate of drug-likeness (QED) is 0.768. The van der Waals surface area contributed by atoms with E-state index in [9.17, 15) is 4.39 Å². The molecule has 0 bridgehead atoms. The third-order valence-electron chi connectivity index (χ3n) is 3.14. The molecule has 0 aromatic heterocycles. The van der Waals surface area contributed by atoms with Gasteiger partial charge in [0.05, 0.1) is 0 Å². The normalized spacial score (nSPS) is 10.8. The molecule has 2 aromatic rings. The fourth-order valence-corrected chi connectivity index (χ4v) is 2.52. The summed E-state index contributed by atoms with van der Waals surface area (Å²) in [4.78, 5) is 0. The largest absolute Gasteiger partial charge is 0.313 e. The third-order valence-corrected chi connectivity index (χ3v) is 3.46. The van der Waals surface area contributed by atoms with Gasteiger partial charge in [0.1, 0.15) is 5.82 Å². The molecule has 3 heteroatoms. The molecule has 20 heavy (non-hydrogen) atoms. The Labute approximate surface area is 124 Å². The van der Waals surface area contributed by atoms with Crippen molar-refractivity contribution in [1.29, 1.82) is 0 Å². The van der Waals surface area contributed by atoms with Crippen molar-refractivity contribution in [2.75, 3.05) is 6.54 Å². The molecule has 0 aliphatic heterocycles.